The Bertz CT molecular complexity index is 866. The Balaban J connectivity index is 0.00000341. The predicted molar refractivity (Wildman–Crippen MR) is 140 cm³/mol. The first-order valence-electron chi connectivity index (χ1n) is 10.3. The molecule has 1 aromatic heterocycles. The van der Waals surface area contributed by atoms with Gasteiger partial charge in [-0.15, -0.1) is 47.4 Å². The third-order valence-electron chi connectivity index (χ3n) is 4.99. The summed E-state index contributed by atoms with van der Waals surface area (Å²) >= 11 is 0. The number of nitrogens with one attached hydrogen (secondary N) is 2. The van der Waals surface area contributed by atoms with E-state index in [1.807, 2.05) is 28.2 Å². The molecule has 0 saturated carbocycles. The molecule has 0 amide bonds. The van der Waals surface area contributed by atoms with Crippen LogP contribution in [0.2, 0.25) is 0 Å². The molecule has 0 fully saturated rings. The van der Waals surface area contributed by atoms with Crippen LogP contribution in [0.5, 0.6) is 0 Å². The lowest BCUT2D eigenvalue weighted by molar-refractivity contribution is 0.0979. The van der Waals surface area contributed by atoms with Crippen molar-refractivity contribution in [2.45, 2.75) is 12.8 Å². The van der Waals surface area contributed by atoms with Gasteiger partial charge < -0.3 is 20.4 Å². The molecule has 1 heterocycles. The SMILES string of the molecule is CN(C)CCCNc1nnc(NCCCN(C)C)c2c1C(=O)c1ccccc1C2=O.Cl.Cl.Cl. The number of hydrogen-bond acceptors (Lipinski definition) is 8. The van der Waals surface area contributed by atoms with Gasteiger partial charge in [-0.25, -0.2) is 0 Å². The monoisotopic (exact) mass is 518 g/mol. The van der Waals surface area contributed by atoms with Crippen LogP contribution in [0.3, 0.4) is 0 Å². The average Bonchev–Trinajstić information content (AvgIpc) is 2.72. The van der Waals surface area contributed by atoms with Crippen LogP contribution in [0.25, 0.3) is 0 Å². The van der Waals surface area contributed by atoms with Gasteiger partial charge in [0.15, 0.2) is 23.2 Å². The summed E-state index contributed by atoms with van der Waals surface area (Å²) in [4.78, 5) is 30.8. The van der Waals surface area contributed by atoms with E-state index in [-0.39, 0.29) is 48.8 Å². The van der Waals surface area contributed by atoms with Gasteiger partial charge in [-0.2, -0.15) is 0 Å². The Labute approximate surface area is 214 Å². The maximum Gasteiger partial charge on any atom is 0.198 e. The third kappa shape index (κ3) is 7.52. The molecule has 8 nitrogen and oxygen atoms in total. The van der Waals surface area contributed by atoms with Gasteiger partial charge >= 0.3 is 0 Å². The minimum absolute atomic E-state index is 0. The highest BCUT2D eigenvalue weighted by molar-refractivity contribution is 6.31. The van der Waals surface area contributed by atoms with Gasteiger partial charge in [-0.3, -0.25) is 9.59 Å². The quantitative estimate of drug-likeness (QED) is 0.395. The molecule has 0 aliphatic heterocycles. The van der Waals surface area contributed by atoms with Crippen LogP contribution in [0, 0.1) is 0 Å². The van der Waals surface area contributed by atoms with E-state index in [2.05, 4.69) is 30.6 Å². The molecule has 2 N–H and O–H groups in total. The van der Waals surface area contributed by atoms with Crippen LogP contribution in [-0.2, 0) is 0 Å². The first-order valence-corrected chi connectivity index (χ1v) is 10.3. The Morgan fingerprint density at radius 2 is 1.06 bits per heavy atom. The molecule has 2 aromatic rings. The summed E-state index contributed by atoms with van der Waals surface area (Å²) in [6.45, 7) is 3.09. The number of rotatable bonds is 10. The Kier molecular flexibility index (Phi) is 13.5. The molecule has 33 heavy (non-hydrogen) atoms. The number of carbonyl (C=O) groups excluding carboxylic acids is 2. The standard InChI is InChI=1S/C22H30N6O2.3ClH/c1-27(2)13-7-11-23-21-17-18(22(26-25-21)24-12-8-14-28(3)4)20(30)16-10-6-5-9-15(16)19(17)29;;;/h5-6,9-10H,7-8,11-14H2,1-4H3,(H,23,25)(H,24,26);3*1H. The molecule has 0 atom stereocenters. The number of halogens is 3. The number of carbonyl (C=O) groups is 2. The summed E-state index contributed by atoms with van der Waals surface area (Å²) in [6.07, 6.45) is 1.76. The van der Waals surface area contributed by atoms with Gasteiger partial charge in [0.2, 0.25) is 0 Å². The van der Waals surface area contributed by atoms with Crippen molar-refractivity contribution >= 4 is 60.4 Å². The molecule has 0 saturated heterocycles. The summed E-state index contributed by atoms with van der Waals surface area (Å²) < 4.78 is 0. The van der Waals surface area contributed by atoms with Gasteiger partial charge in [0.05, 0.1) is 11.1 Å². The highest BCUT2D eigenvalue weighted by Gasteiger charge is 2.35. The number of aromatic nitrogens is 2. The van der Waals surface area contributed by atoms with Crippen molar-refractivity contribution in [2.24, 2.45) is 0 Å². The number of benzene rings is 1. The van der Waals surface area contributed by atoms with Crippen molar-refractivity contribution in [3.05, 3.63) is 46.5 Å². The second-order valence-corrected chi connectivity index (χ2v) is 8.02. The zero-order valence-corrected chi connectivity index (χ0v) is 21.8. The zero-order chi connectivity index (χ0) is 21.7. The smallest absolute Gasteiger partial charge is 0.198 e. The van der Waals surface area contributed by atoms with E-state index in [1.54, 1.807) is 24.3 Å². The second kappa shape index (κ2) is 14.3. The van der Waals surface area contributed by atoms with Crippen LogP contribution in [0.1, 0.15) is 44.7 Å². The molecular formula is C22H33Cl3N6O2. The van der Waals surface area contributed by atoms with E-state index in [0.29, 0.717) is 47.0 Å². The van der Waals surface area contributed by atoms with Crippen LogP contribution in [0.4, 0.5) is 11.6 Å². The number of nitrogens with zero attached hydrogens (tertiary/aromatic N) is 4. The molecule has 11 heteroatoms. The largest absolute Gasteiger partial charge is 0.368 e. The minimum Gasteiger partial charge on any atom is -0.368 e. The average molecular weight is 520 g/mol. The lowest BCUT2D eigenvalue weighted by Crippen LogP contribution is -2.27. The number of ketones is 2. The predicted octanol–water partition coefficient (Wildman–Crippen LogP) is 3.24. The minimum atomic E-state index is -0.193. The summed E-state index contributed by atoms with van der Waals surface area (Å²) in [7, 11) is 8.05. The number of fused-ring (bicyclic) bond motifs is 2. The molecule has 1 aromatic carbocycles. The van der Waals surface area contributed by atoms with Gasteiger partial charge in [0.25, 0.3) is 0 Å². The Morgan fingerprint density at radius 3 is 1.39 bits per heavy atom. The van der Waals surface area contributed by atoms with Crippen molar-refractivity contribution in [3.63, 3.8) is 0 Å². The van der Waals surface area contributed by atoms with E-state index >= 15 is 0 Å². The van der Waals surface area contributed by atoms with E-state index in [0.717, 1.165) is 25.9 Å². The van der Waals surface area contributed by atoms with Crippen molar-refractivity contribution in [2.75, 3.05) is 65.0 Å². The molecule has 1 aliphatic rings. The normalized spacial score (nSPS) is 11.7. The van der Waals surface area contributed by atoms with Crippen LogP contribution in [0.15, 0.2) is 24.3 Å². The molecule has 0 spiro atoms. The summed E-state index contributed by atoms with van der Waals surface area (Å²) in [5.41, 5.74) is 1.46. The van der Waals surface area contributed by atoms with E-state index in [4.69, 9.17) is 0 Å². The number of hydrogen-bond donors (Lipinski definition) is 2. The topological polar surface area (TPSA) is 90.5 Å². The highest BCUT2D eigenvalue weighted by Crippen LogP contribution is 2.34. The Hall–Kier alpha value is -1.97. The van der Waals surface area contributed by atoms with Gasteiger partial charge in [-0.1, -0.05) is 24.3 Å². The molecule has 0 bridgehead atoms. The van der Waals surface area contributed by atoms with Gasteiger partial charge in [0.1, 0.15) is 0 Å². The van der Waals surface area contributed by atoms with E-state index in [9.17, 15) is 9.59 Å². The zero-order valence-electron chi connectivity index (χ0n) is 19.4. The number of anilines is 2. The van der Waals surface area contributed by atoms with Crippen molar-refractivity contribution in [1.82, 2.24) is 20.0 Å². The van der Waals surface area contributed by atoms with Crippen LogP contribution >= 0.6 is 37.2 Å². The fourth-order valence-corrected chi connectivity index (χ4v) is 3.48. The summed E-state index contributed by atoms with van der Waals surface area (Å²) in [5.74, 6) is 0.356. The second-order valence-electron chi connectivity index (χ2n) is 8.02. The molecule has 184 valence electrons. The lowest BCUT2D eigenvalue weighted by atomic mass is 9.84. The van der Waals surface area contributed by atoms with Crippen molar-refractivity contribution in [3.8, 4) is 0 Å². The maximum absolute atomic E-state index is 13.3. The molecule has 3 rings (SSSR count). The van der Waals surface area contributed by atoms with Gasteiger partial charge in [-0.05, 0) is 54.1 Å². The molecule has 0 radical (unpaired) electrons. The van der Waals surface area contributed by atoms with Crippen LogP contribution in [-0.4, -0.2) is 85.9 Å². The maximum atomic E-state index is 13.3. The summed E-state index contributed by atoms with van der Waals surface area (Å²) in [6, 6.07) is 6.93. The van der Waals surface area contributed by atoms with E-state index < -0.39 is 0 Å². The first kappa shape index (κ1) is 31.0. The van der Waals surface area contributed by atoms with Crippen LogP contribution < -0.4 is 10.6 Å². The lowest BCUT2D eigenvalue weighted by Gasteiger charge is -2.22. The van der Waals surface area contributed by atoms with E-state index in [1.165, 1.54) is 0 Å². The summed E-state index contributed by atoms with van der Waals surface area (Å²) in [5, 5.41) is 14.9. The third-order valence-corrected chi connectivity index (χ3v) is 4.99. The van der Waals surface area contributed by atoms with Crippen molar-refractivity contribution in [1.29, 1.82) is 0 Å². The fraction of sp³-hybridized carbons (Fsp3) is 0.455. The first-order chi connectivity index (χ1) is 14.4. The van der Waals surface area contributed by atoms with Gasteiger partial charge in [0, 0.05) is 24.2 Å². The molecule has 1 aliphatic carbocycles. The van der Waals surface area contributed by atoms with Crippen molar-refractivity contribution < 1.29 is 9.59 Å². The molecular weight excluding hydrogens is 487 g/mol. The Morgan fingerprint density at radius 1 is 0.697 bits per heavy atom. The molecule has 0 unspecified atom stereocenters. The fourth-order valence-electron chi connectivity index (χ4n) is 3.48. The highest BCUT2D eigenvalue weighted by atomic mass is 35.5.